The molecule has 0 spiro atoms. The molecule has 0 bridgehead atoms. The van der Waals surface area contributed by atoms with E-state index in [4.69, 9.17) is 5.11 Å². The van der Waals surface area contributed by atoms with Gasteiger partial charge < -0.3 is 5.11 Å². The largest absolute Gasteiger partial charge is 0.392 e. The van der Waals surface area contributed by atoms with E-state index in [9.17, 15) is 8.42 Å². The molecule has 1 rings (SSSR count). The van der Waals surface area contributed by atoms with Crippen molar-refractivity contribution in [2.45, 2.75) is 11.5 Å². The van der Waals surface area contributed by atoms with Gasteiger partial charge in [0, 0.05) is 0 Å². The smallest absolute Gasteiger partial charge is 0.296 e. The molecule has 0 atom stereocenters. The molecule has 1 N–H and O–H groups in total. The number of aliphatic hydroxyl groups excluding tert-OH is 1. The third kappa shape index (κ3) is 2.27. The van der Waals surface area contributed by atoms with Gasteiger partial charge in [0.15, 0.2) is 0 Å². The molecule has 5 heteroatoms. The topological polar surface area (TPSA) is 63.6 Å². The normalized spacial score (nSPS) is 11.5. The Labute approximate surface area is 76.9 Å². The zero-order valence-corrected chi connectivity index (χ0v) is 7.91. The van der Waals surface area contributed by atoms with Crippen molar-refractivity contribution in [3.63, 3.8) is 0 Å². The van der Waals surface area contributed by atoms with E-state index in [-0.39, 0.29) is 11.5 Å². The van der Waals surface area contributed by atoms with Crippen LogP contribution in [0, 0.1) is 0 Å². The van der Waals surface area contributed by atoms with Crippen LogP contribution in [0.1, 0.15) is 5.56 Å². The molecule has 0 radical (unpaired) electrons. The first-order chi connectivity index (χ1) is 6.10. The number of benzene rings is 1. The second kappa shape index (κ2) is 3.87. The predicted molar refractivity (Wildman–Crippen MR) is 46.6 cm³/mol. The maximum absolute atomic E-state index is 11.2. The van der Waals surface area contributed by atoms with Gasteiger partial charge in [-0.15, -0.1) is 0 Å². The van der Waals surface area contributed by atoms with Crippen molar-refractivity contribution in [2.75, 3.05) is 7.11 Å². The Morgan fingerprint density at radius 3 is 2.69 bits per heavy atom. The summed E-state index contributed by atoms with van der Waals surface area (Å²) in [6, 6.07) is 5.98. The Morgan fingerprint density at radius 1 is 1.46 bits per heavy atom. The van der Waals surface area contributed by atoms with Crippen molar-refractivity contribution in [2.24, 2.45) is 0 Å². The highest BCUT2D eigenvalue weighted by atomic mass is 32.2. The van der Waals surface area contributed by atoms with Crippen LogP contribution in [0.25, 0.3) is 0 Å². The Balaban J connectivity index is 3.17. The van der Waals surface area contributed by atoms with Crippen LogP contribution in [0.2, 0.25) is 0 Å². The standard InChI is InChI=1S/C8H10O4S/c1-12-13(10,11)8-4-2-3-7(5-8)6-9/h2-5,9H,6H2,1H3. The van der Waals surface area contributed by atoms with E-state index < -0.39 is 10.1 Å². The van der Waals surface area contributed by atoms with Crippen molar-refractivity contribution in [1.29, 1.82) is 0 Å². The molecule has 0 aliphatic heterocycles. The van der Waals surface area contributed by atoms with Gasteiger partial charge >= 0.3 is 0 Å². The minimum atomic E-state index is -3.64. The number of hydrogen-bond donors (Lipinski definition) is 1. The molecule has 0 unspecified atom stereocenters. The molecular weight excluding hydrogens is 192 g/mol. The summed E-state index contributed by atoms with van der Waals surface area (Å²) < 4.78 is 26.6. The lowest BCUT2D eigenvalue weighted by Gasteiger charge is -2.02. The first-order valence-corrected chi connectivity index (χ1v) is 5.01. The second-order valence-corrected chi connectivity index (χ2v) is 4.14. The van der Waals surface area contributed by atoms with E-state index in [0.29, 0.717) is 5.56 Å². The summed E-state index contributed by atoms with van der Waals surface area (Å²) in [6.45, 7) is -0.187. The van der Waals surface area contributed by atoms with Crippen LogP contribution >= 0.6 is 0 Å². The van der Waals surface area contributed by atoms with Gasteiger partial charge in [-0.1, -0.05) is 12.1 Å². The quantitative estimate of drug-likeness (QED) is 0.725. The molecule has 0 saturated carbocycles. The third-order valence-corrected chi connectivity index (χ3v) is 2.86. The van der Waals surface area contributed by atoms with Crippen LogP contribution < -0.4 is 0 Å². The fourth-order valence-corrected chi connectivity index (χ4v) is 1.63. The van der Waals surface area contributed by atoms with Gasteiger partial charge in [0.1, 0.15) is 0 Å². The van der Waals surface area contributed by atoms with E-state index in [2.05, 4.69) is 4.18 Å². The number of aliphatic hydroxyl groups is 1. The lowest BCUT2D eigenvalue weighted by molar-refractivity contribution is 0.281. The molecule has 13 heavy (non-hydrogen) atoms. The average Bonchev–Trinajstić information content (AvgIpc) is 2.18. The highest BCUT2D eigenvalue weighted by Crippen LogP contribution is 2.13. The lowest BCUT2D eigenvalue weighted by Crippen LogP contribution is -2.03. The molecule has 0 saturated heterocycles. The third-order valence-electron chi connectivity index (χ3n) is 1.59. The molecule has 0 aliphatic rings. The van der Waals surface area contributed by atoms with Crippen LogP contribution in [0.3, 0.4) is 0 Å². The van der Waals surface area contributed by atoms with E-state index in [0.717, 1.165) is 7.11 Å². The van der Waals surface area contributed by atoms with Crippen molar-refractivity contribution in [3.8, 4) is 0 Å². The molecule has 0 fully saturated rings. The summed E-state index contributed by atoms with van der Waals surface area (Å²) in [6.07, 6.45) is 0. The lowest BCUT2D eigenvalue weighted by atomic mass is 10.2. The van der Waals surface area contributed by atoms with E-state index in [1.807, 2.05) is 0 Å². The van der Waals surface area contributed by atoms with Gasteiger partial charge in [0.25, 0.3) is 10.1 Å². The monoisotopic (exact) mass is 202 g/mol. The maximum atomic E-state index is 11.2. The van der Waals surface area contributed by atoms with E-state index in [1.54, 1.807) is 12.1 Å². The predicted octanol–water partition coefficient (Wildman–Crippen LogP) is 0.514. The summed E-state index contributed by atoms with van der Waals surface area (Å²) in [5, 5.41) is 8.76. The second-order valence-electron chi connectivity index (χ2n) is 2.43. The molecular formula is C8H10O4S. The molecule has 0 aromatic heterocycles. The summed E-state index contributed by atoms with van der Waals surface area (Å²) in [7, 11) is -2.54. The van der Waals surface area contributed by atoms with Crippen LogP contribution in [0.5, 0.6) is 0 Å². The van der Waals surface area contributed by atoms with Gasteiger partial charge in [-0.2, -0.15) is 8.42 Å². The minimum Gasteiger partial charge on any atom is -0.392 e. The van der Waals surface area contributed by atoms with Crippen LogP contribution in [-0.2, 0) is 20.9 Å². The SMILES string of the molecule is COS(=O)(=O)c1cccc(CO)c1. The number of rotatable bonds is 3. The van der Waals surface area contributed by atoms with Gasteiger partial charge in [-0.25, -0.2) is 0 Å². The van der Waals surface area contributed by atoms with Crippen LogP contribution in [-0.4, -0.2) is 20.6 Å². The molecule has 0 amide bonds. The van der Waals surface area contributed by atoms with Crippen molar-refractivity contribution in [3.05, 3.63) is 29.8 Å². The van der Waals surface area contributed by atoms with Crippen molar-refractivity contribution < 1.29 is 17.7 Å². The fraction of sp³-hybridized carbons (Fsp3) is 0.250. The molecule has 1 aromatic carbocycles. The minimum absolute atomic E-state index is 0.0570. The van der Waals surface area contributed by atoms with Gasteiger partial charge in [-0.3, -0.25) is 4.18 Å². The first-order valence-electron chi connectivity index (χ1n) is 3.60. The first kappa shape index (κ1) is 10.2. The fourth-order valence-electron chi connectivity index (χ4n) is 0.896. The summed E-state index contributed by atoms with van der Waals surface area (Å²) in [5.41, 5.74) is 0.540. The summed E-state index contributed by atoms with van der Waals surface area (Å²) in [4.78, 5) is 0.0570. The number of hydrogen-bond acceptors (Lipinski definition) is 4. The summed E-state index contributed by atoms with van der Waals surface area (Å²) in [5.74, 6) is 0. The highest BCUT2D eigenvalue weighted by molar-refractivity contribution is 7.86. The Bertz CT molecular complexity index is 383. The zero-order chi connectivity index (χ0) is 9.90. The highest BCUT2D eigenvalue weighted by Gasteiger charge is 2.12. The average molecular weight is 202 g/mol. The summed E-state index contributed by atoms with van der Waals surface area (Å²) >= 11 is 0. The van der Waals surface area contributed by atoms with Crippen molar-refractivity contribution in [1.82, 2.24) is 0 Å². The zero-order valence-electron chi connectivity index (χ0n) is 7.10. The van der Waals surface area contributed by atoms with Gasteiger partial charge in [0.05, 0.1) is 18.6 Å². The molecule has 0 heterocycles. The van der Waals surface area contributed by atoms with Gasteiger partial charge in [-0.05, 0) is 17.7 Å². The van der Waals surface area contributed by atoms with E-state index >= 15 is 0 Å². The Morgan fingerprint density at radius 2 is 2.15 bits per heavy atom. The van der Waals surface area contributed by atoms with E-state index in [1.165, 1.54) is 12.1 Å². The van der Waals surface area contributed by atoms with Crippen LogP contribution in [0.4, 0.5) is 0 Å². The molecule has 1 aromatic rings. The van der Waals surface area contributed by atoms with Gasteiger partial charge in [0.2, 0.25) is 0 Å². The Kier molecular flexibility index (Phi) is 3.02. The van der Waals surface area contributed by atoms with Crippen LogP contribution in [0.15, 0.2) is 29.2 Å². The molecule has 4 nitrogen and oxygen atoms in total. The molecule has 72 valence electrons. The van der Waals surface area contributed by atoms with Crippen molar-refractivity contribution >= 4 is 10.1 Å². The Hall–Kier alpha value is -0.910. The molecule has 0 aliphatic carbocycles. The maximum Gasteiger partial charge on any atom is 0.296 e.